The molecule has 7 nitrogen and oxygen atoms in total. The summed E-state index contributed by atoms with van der Waals surface area (Å²) in [7, 11) is 0. The van der Waals surface area contributed by atoms with Crippen LogP contribution in [0.5, 0.6) is 5.75 Å². The Morgan fingerprint density at radius 1 is 1.03 bits per heavy atom. The smallest absolute Gasteiger partial charge is 0.274 e. The van der Waals surface area contributed by atoms with Gasteiger partial charge in [-0.05, 0) is 61.5 Å². The van der Waals surface area contributed by atoms with E-state index in [2.05, 4.69) is 20.6 Å². The molecule has 0 spiro atoms. The number of aromatic nitrogens is 2. The van der Waals surface area contributed by atoms with Crippen molar-refractivity contribution in [2.75, 3.05) is 17.2 Å². The van der Waals surface area contributed by atoms with E-state index in [0.29, 0.717) is 12.3 Å². The molecule has 2 amide bonds. The largest absolute Gasteiger partial charge is 0.494 e. The van der Waals surface area contributed by atoms with Crippen LogP contribution in [-0.2, 0) is 11.2 Å². The maximum Gasteiger partial charge on any atom is 0.274 e. The van der Waals surface area contributed by atoms with Gasteiger partial charge in [0, 0.05) is 17.1 Å². The first-order chi connectivity index (χ1) is 16.5. The van der Waals surface area contributed by atoms with Gasteiger partial charge >= 0.3 is 0 Å². The maximum absolute atomic E-state index is 13.9. The number of anilines is 2. The number of pyridine rings is 1. The second kappa shape index (κ2) is 10.7. The van der Waals surface area contributed by atoms with Crippen LogP contribution in [0.4, 0.5) is 15.8 Å². The molecule has 2 aromatic carbocycles. The van der Waals surface area contributed by atoms with Crippen molar-refractivity contribution in [3.05, 3.63) is 89.4 Å². The zero-order chi connectivity index (χ0) is 23.9. The van der Waals surface area contributed by atoms with Gasteiger partial charge in [-0.15, -0.1) is 11.3 Å². The normalized spacial score (nSPS) is 10.5. The number of benzene rings is 2. The van der Waals surface area contributed by atoms with Crippen molar-refractivity contribution in [2.45, 2.75) is 13.3 Å². The lowest BCUT2D eigenvalue weighted by atomic mass is 10.2. The van der Waals surface area contributed by atoms with Crippen molar-refractivity contribution in [2.24, 2.45) is 0 Å². The van der Waals surface area contributed by atoms with E-state index in [9.17, 15) is 14.0 Å². The van der Waals surface area contributed by atoms with Crippen molar-refractivity contribution < 1.29 is 18.7 Å². The van der Waals surface area contributed by atoms with Crippen molar-refractivity contribution in [1.82, 2.24) is 9.97 Å². The summed E-state index contributed by atoms with van der Waals surface area (Å²) < 4.78 is 19.3. The summed E-state index contributed by atoms with van der Waals surface area (Å²) in [6, 6.07) is 16.2. The summed E-state index contributed by atoms with van der Waals surface area (Å²) in [5, 5.41) is 7.90. The lowest BCUT2D eigenvalue weighted by Gasteiger charge is -2.12. The first kappa shape index (κ1) is 23.1. The van der Waals surface area contributed by atoms with Gasteiger partial charge in [-0.2, -0.15) is 0 Å². The van der Waals surface area contributed by atoms with Crippen LogP contribution in [0.1, 0.15) is 23.1 Å². The van der Waals surface area contributed by atoms with Crippen LogP contribution in [0.3, 0.4) is 0 Å². The number of amides is 2. The third-order valence-electron chi connectivity index (χ3n) is 4.71. The average Bonchev–Trinajstić information content (AvgIpc) is 3.30. The molecule has 0 aliphatic rings. The summed E-state index contributed by atoms with van der Waals surface area (Å²) in [6.07, 6.45) is 1.50. The summed E-state index contributed by atoms with van der Waals surface area (Å²) in [5.74, 6) is -0.620. The topological polar surface area (TPSA) is 93.2 Å². The standard InChI is InChI=1S/C25H21FN4O3S/c1-2-33-19-9-6-16(7-10-19)25-28-18(15-34-25)14-23(31)29-22-13-17(26)8-11-20(22)30-24(32)21-5-3-4-12-27-21/h3-13,15H,2,14H2,1H3,(H,29,31)(H,30,32). The molecule has 0 radical (unpaired) electrons. The van der Waals surface area contributed by atoms with Gasteiger partial charge in [0.1, 0.15) is 22.3 Å². The molecule has 34 heavy (non-hydrogen) atoms. The van der Waals surface area contributed by atoms with Gasteiger partial charge < -0.3 is 15.4 Å². The molecule has 0 unspecified atom stereocenters. The number of carbonyl (C=O) groups excluding carboxylic acids is 2. The van der Waals surface area contributed by atoms with Crippen LogP contribution in [0.2, 0.25) is 0 Å². The SMILES string of the molecule is CCOc1ccc(-c2nc(CC(=O)Nc3cc(F)ccc3NC(=O)c3ccccn3)cs2)cc1. The van der Waals surface area contributed by atoms with Crippen LogP contribution < -0.4 is 15.4 Å². The van der Waals surface area contributed by atoms with Gasteiger partial charge in [-0.1, -0.05) is 6.07 Å². The Bertz CT molecular complexity index is 1290. The zero-order valence-corrected chi connectivity index (χ0v) is 19.1. The van der Waals surface area contributed by atoms with Crippen LogP contribution in [0.15, 0.2) is 72.2 Å². The Morgan fingerprint density at radius 3 is 2.59 bits per heavy atom. The van der Waals surface area contributed by atoms with E-state index in [-0.39, 0.29) is 29.4 Å². The summed E-state index contributed by atoms with van der Waals surface area (Å²) in [5.41, 5.74) is 2.12. The fourth-order valence-corrected chi connectivity index (χ4v) is 3.98. The number of halogens is 1. The van der Waals surface area contributed by atoms with Crippen LogP contribution in [0, 0.1) is 5.82 Å². The second-order valence-corrected chi connectivity index (χ2v) is 8.04. The van der Waals surface area contributed by atoms with Gasteiger partial charge in [0.2, 0.25) is 5.91 Å². The van der Waals surface area contributed by atoms with E-state index < -0.39 is 11.7 Å². The minimum Gasteiger partial charge on any atom is -0.494 e. The lowest BCUT2D eigenvalue weighted by Crippen LogP contribution is -2.19. The Labute approximate surface area is 199 Å². The highest BCUT2D eigenvalue weighted by atomic mass is 32.1. The van der Waals surface area contributed by atoms with Crippen LogP contribution >= 0.6 is 11.3 Å². The number of thiazole rings is 1. The molecular weight excluding hydrogens is 455 g/mol. The molecule has 4 rings (SSSR count). The van der Waals surface area contributed by atoms with E-state index in [1.807, 2.05) is 31.2 Å². The van der Waals surface area contributed by atoms with Gasteiger partial charge in [0.05, 0.1) is 30.1 Å². The highest BCUT2D eigenvalue weighted by molar-refractivity contribution is 7.13. The van der Waals surface area contributed by atoms with Crippen molar-refractivity contribution in [1.29, 1.82) is 0 Å². The molecule has 0 atom stereocenters. The molecule has 0 bridgehead atoms. The number of carbonyl (C=O) groups is 2. The molecular formula is C25H21FN4O3S. The molecule has 0 saturated carbocycles. The number of rotatable bonds is 8. The fraction of sp³-hybridized carbons (Fsp3) is 0.120. The third-order valence-corrected chi connectivity index (χ3v) is 5.65. The molecule has 0 aliphatic heterocycles. The molecule has 2 heterocycles. The monoisotopic (exact) mass is 476 g/mol. The van der Waals surface area contributed by atoms with E-state index in [1.165, 1.54) is 29.7 Å². The molecule has 2 N–H and O–H groups in total. The number of ether oxygens (including phenoxy) is 1. The predicted molar refractivity (Wildman–Crippen MR) is 130 cm³/mol. The van der Waals surface area contributed by atoms with Crippen molar-refractivity contribution >= 4 is 34.5 Å². The quantitative estimate of drug-likeness (QED) is 0.366. The minimum absolute atomic E-state index is 0.00231. The van der Waals surface area contributed by atoms with Crippen molar-refractivity contribution in [3.63, 3.8) is 0 Å². The maximum atomic E-state index is 13.9. The Balaban J connectivity index is 1.43. The Morgan fingerprint density at radius 2 is 1.85 bits per heavy atom. The van der Waals surface area contributed by atoms with E-state index >= 15 is 0 Å². The molecule has 2 aromatic heterocycles. The number of hydrogen-bond donors (Lipinski definition) is 2. The second-order valence-electron chi connectivity index (χ2n) is 7.19. The van der Waals surface area contributed by atoms with Crippen molar-refractivity contribution in [3.8, 4) is 16.3 Å². The summed E-state index contributed by atoms with van der Waals surface area (Å²) >= 11 is 1.43. The minimum atomic E-state index is -0.544. The van der Waals surface area contributed by atoms with E-state index in [0.717, 1.165) is 22.4 Å². The molecule has 172 valence electrons. The van der Waals surface area contributed by atoms with Crippen LogP contribution in [0.25, 0.3) is 10.6 Å². The van der Waals surface area contributed by atoms with E-state index in [4.69, 9.17) is 4.74 Å². The van der Waals surface area contributed by atoms with Gasteiger partial charge in [-0.3, -0.25) is 14.6 Å². The highest BCUT2D eigenvalue weighted by Gasteiger charge is 2.15. The van der Waals surface area contributed by atoms with Gasteiger partial charge in [-0.25, -0.2) is 9.37 Å². The first-order valence-corrected chi connectivity index (χ1v) is 11.4. The number of nitrogens with one attached hydrogen (secondary N) is 2. The first-order valence-electron chi connectivity index (χ1n) is 10.5. The summed E-state index contributed by atoms with van der Waals surface area (Å²) in [6.45, 7) is 2.52. The van der Waals surface area contributed by atoms with Gasteiger partial charge in [0.15, 0.2) is 0 Å². The number of nitrogens with zero attached hydrogens (tertiary/aromatic N) is 2. The molecule has 0 saturated heterocycles. The Hall–Kier alpha value is -4.11. The Kier molecular flexibility index (Phi) is 7.24. The lowest BCUT2D eigenvalue weighted by molar-refractivity contribution is -0.115. The average molecular weight is 477 g/mol. The predicted octanol–water partition coefficient (Wildman–Crippen LogP) is 5.18. The molecule has 0 aliphatic carbocycles. The molecule has 4 aromatic rings. The van der Waals surface area contributed by atoms with Gasteiger partial charge in [0.25, 0.3) is 5.91 Å². The molecule has 9 heteroatoms. The van der Waals surface area contributed by atoms with E-state index in [1.54, 1.807) is 23.6 Å². The van der Waals surface area contributed by atoms with Crippen LogP contribution in [-0.4, -0.2) is 28.4 Å². The highest BCUT2D eigenvalue weighted by Crippen LogP contribution is 2.27. The fourth-order valence-electron chi connectivity index (χ4n) is 3.15. The third kappa shape index (κ3) is 5.81. The zero-order valence-electron chi connectivity index (χ0n) is 18.2. The molecule has 0 fully saturated rings. The number of hydrogen-bond acceptors (Lipinski definition) is 6. The summed E-state index contributed by atoms with van der Waals surface area (Å²) in [4.78, 5) is 33.6.